The Balaban J connectivity index is 1.37. The highest BCUT2D eigenvalue weighted by Crippen LogP contribution is 2.52. The molecule has 4 atom stereocenters. The summed E-state index contributed by atoms with van der Waals surface area (Å²) in [5.41, 5.74) is 0.849. The number of carbonyl (C=O) groups excluding carboxylic acids is 2. The van der Waals surface area contributed by atoms with E-state index in [2.05, 4.69) is 5.32 Å². The summed E-state index contributed by atoms with van der Waals surface area (Å²) < 4.78 is 16.9. The predicted molar refractivity (Wildman–Crippen MR) is 114 cm³/mol. The number of amides is 2. The topological polar surface area (TPSA) is 77.1 Å². The van der Waals surface area contributed by atoms with Crippen molar-refractivity contribution in [2.75, 3.05) is 25.7 Å². The van der Waals surface area contributed by atoms with Gasteiger partial charge in [-0.1, -0.05) is 36.4 Å². The minimum Gasteiger partial charge on any atom is -0.497 e. The smallest absolute Gasteiger partial charge is 0.234 e. The van der Waals surface area contributed by atoms with Crippen molar-refractivity contribution in [2.45, 2.75) is 18.2 Å². The SMILES string of the molecule is COc1cccc(N2CC34C=CC(O3)C(C(=O)NCc3ccccc3OC)C4C2=O)c1. The number of para-hydroxylation sites is 1. The Bertz CT molecular complexity index is 1070. The van der Waals surface area contributed by atoms with Crippen molar-refractivity contribution in [2.24, 2.45) is 11.8 Å². The third-order valence-electron chi connectivity index (χ3n) is 6.41. The van der Waals surface area contributed by atoms with Crippen molar-refractivity contribution in [3.05, 3.63) is 66.2 Å². The fourth-order valence-electron chi connectivity index (χ4n) is 4.94. The molecule has 3 aliphatic rings. The summed E-state index contributed by atoms with van der Waals surface area (Å²) in [6.45, 7) is 0.705. The number of fused-ring (bicyclic) bond motifs is 1. The van der Waals surface area contributed by atoms with Crippen LogP contribution in [0.2, 0.25) is 0 Å². The quantitative estimate of drug-likeness (QED) is 0.726. The molecule has 1 N–H and O–H groups in total. The van der Waals surface area contributed by atoms with Crippen LogP contribution in [0, 0.1) is 11.8 Å². The lowest BCUT2D eigenvalue weighted by Crippen LogP contribution is -2.44. The Kier molecular flexibility index (Phi) is 4.70. The van der Waals surface area contributed by atoms with Crippen molar-refractivity contribution in [3.63, 3.8) is 0 Å². The first kappa shape index (κ1) is 19.6. The lowest BCUT2D eigenvalue weighted by atomic mass is 9.77. The molecule has 0 saturated carbocycles. The Hall–Kier alpha value is -3.32. The van der Waals surface area contributed by atoms with Gasteiger partial charge in [0.2, 0.25) is 11.8 Å². The molecule has 7 heteroatoms. The van der Waals surface area contributed by atoms with E-state index in [9.17, 15) is 9.59 Å². The maximum atomic E-state index is 13.4. The molecule has 0 aliphatic carbocycles. The lowest BCUT2D eigenvalue weighted by molar-refractivity contribution is -0.132. The highest BCUT2D eigenvalue weighted by Gasteiger charge is 2.67. The van der Waals surface area contributed by atoms with Crippen LogP contribution >= 0.6 is 0 Å². The molecule has 0 aromatic heterocycles. The standard InChI is InChI=1S/C24H24N2O5/c1-29-17-8-5-7-16(12-17)26-14-24-11-10-19(31-24)20(21(24)23(26)28)22(27)25-13-15-6-3-4-9-18(15)30-2/h3-12,19-21H,13-14H2,1-2H3,(H,25,27). The van der Waals surface area contributed by atoms with Crippen LogP contribution in [0.4, 0.5) is 5.69 Å². The van der Waals surface area contributed by atoms with Gasteiger partial charge in [0.1, 0.15) is 17.1 Å². The van der Waals surface area contributed by atoms with Gasteiger partial charge < -0.3 is 24.4 Å². The van der Waals surface area contributed by atoms with Gasteiger partial charge in [-0.15, -0.1) is 0 Å². The molecule has 160 valence electrons. The van der Waals surface area contributed by atoms with E-state index in [1.165, 1.54) is 0 Å². The number of hydrogen-bond acceptors (Lipinski definition) is 5. The van der Waals surface area contributed by atoms with Crippen LogP contribution in [0.25, 0.3) is 0 Å². The summed E-state index contributed by atoms with van der Waals surface area (Å²) in [7, 11) is 3.19. The molecular formula is C24H24N2O5. The first-order valence-electron chi connectivity index (χ1n) is 10.3. The zero-order valence-electron chi connectivity index (χ0n) is 17.4. The van der Waals surface area contributed by atoms with E-state index in [-0.39, 0.29) is 17.9 Å². The zero-order valence-corrected chi connectivity index (χ0v) is 17.4. The predicted octanol–water partition coefficient (Wildman–Crippen LogP) is 2.31. The fourth-order valence-corrected chi connectivity index (χ4v) is 4.94. The van der Waals surface area contributed by atoms with Crippen molar-refractivity contribution >= 4 is 17.5 Å². The second-order valence-corrected chi connectivity index (χ2v) is 8.06. The molecule has 5 rings (SSSR count). The minimum atomic E-state index is -0.767. The lowest BCUT2D eigenvalue weighted by Gasteiger charge is -2.23. The molecule has 31 heavy (non-hydrogen) atoms. The molecule has 2 aromatic carbocycles. The second kappa shape index (κ2) is 7.42. The number of anilines is 1. The Morgan fingerprint density at radius 3 is 2.84 bits per heavy atom. The van der Waals surface area contributed by atoms with Gasteiger partial charge >= 0.3 is 0 Å². The van der Waals surface area contributed by atoms with Gasteiger partial charge in [-0.05, 0) is 18.2 Å². The van der Waals surface area contributed by atoms with E-state index in [1.807, 2.05) is 60.7 Å². The number of hydrogen-bond donors (Lipinski definition) is 1. The number of methoxy groups -OCH3 is 2. The van der Waals surface area contributed by atoms with Crippen LogP contribution in [-0.4, -0.2) is 44.3 Å². The summed E-state index contributed by atoms with van der Waals surface area (Å²) in [6, 6.07) is 14.9. The Morgan fingerprint density at radius 1 is 1.19 bits per heavy atom. The van der Waals surface area contributed by atoms with Crippen LogP contribution in [0.3, 0.4) is 0 Å². The molecule has 2 saturated heterocycles. The summed E-state index contributed by atoms with van der Waals surface area (Å²) >= 11 is 0. The summed E-state index contributed by atoms with van der Waals surface area (Å²) in [4.78, 5) is 28.3. The van der Waals surface area contributed by atoms with Crippen LogP contribution in [0.5, 0.6) is 11.5 Å². The molecule has 2 fully saturated rings. The van der Waals surface area contributed by atoms with E-state index in [0.29, 0.717) is 24.6 Å². The molecule has 3 aliphatic heterocycles. The van der Waals surface area contributed by atoms with E-state index in [4.69, 9.17) is 14.2 Å². The number of nitrogens with zero attached hydrogens (tertiary/aromatic N) is 1. The fraction of sp³-hybridized carbons (Fsp3) is 0.333. The first-order chi connectivity index (χ1) is 15.1. The molecule has 2 bridgehead atoms. The largest absolute Gasteiger partial charge is 0.497 e. The van der Waals surface area contributed by atoms with E-state index in [1.54, 1.807) is 19.1 Å². The molecule has 0 radical (unpaired) electrons. The molecular weight excluding hydrogens is 396 g/mol. The highest BCUT2D eigenvalue weighted by molar-refractivity contribution is 6.03. The van der Waals surface area contributed by atoms with E-state index < -0.39 is 17.4 Å². The maximum absolute atomic E-state index is 13.4. The second-order valence-electron chi connectivity index (χ2n) is 8.06. The Morgan fingerprint density at radius 2 is 2.03 bits per heavy atom. The van der Waals surface area contributed by atoms with Crippen LogP contribution in [0.15, 0.2) is 60.7 Å². The molecule has 2 amide bonds. The number of ether oxygens (including phenoxy) is 3. The van der Waals surface area contributed by atoms with Crippen molar-refractivity contribution in [1.82, 2.24) is 5.32 Å². The van der Waals surface area contributed by atoms with E-state index >= 15 is 0 Å². The number of carbonyl (C=O) groups is 2. The Labute approximate surface area is 180 Å². The summed E-state index contributed by atoms with van der Waals surface area (Å²) in [5.74, 6) is -0.0177. The minimum absolute atomic E-state index is 0.0995. The van der Waals surface area contributed by atoms with Crippen molar-refractivity contribution < 1.29 is 23.8 Å². The van der Waals surface area contributed by atoms with E-state index in [0.717, 1.165) is 11.3 Å². The molecule has 3 heterocycles. The van der Waals surface area contributed by atoms with Gasteiger partial charge in [0.05, 0.1) is 38.7 Å². The normalized spacial score (nSPS) is 28.0. The van der Waals surface area contributed by atoms with Crippen LogP contribution < -0.4 is 19.7 Å². The monoisotopic (exact) mass is 420 g/mol. The van der Waals surface area contributed by atoms with Gasteiger partial charge in [-0.2, -0.15) is 0 Å². The maximum Gasteiger partial charge on any atom is 0.234 e. The van der Waals surface area contributed by atoms with Gasteiger partial charge in [-0.25, -0.2) is 0 Å². The van der Waals surface area contributed by atoms with Crippen LogP contribution in [0.1, 0.15) is 5.56 Å². The zero-order chi connectivity index (χ0) is 21.6. The van der Waals surface area contributed by atoms with Gasteiger partial charge in [0.25, 0.3) is 0 Å². The number of benzene rings is 2. The van der Waals surface area contributed by atoms with Crippen molar-refractivity contribution in [3.8, 4) is 11.5 Å². The van der Waals surface area contributed by atoms with Gasteiger partial charge in [-0.3, -0.25) is 9.59 Å². The van der Waals surface area contributed by atoms with Gasteiger partial charge in [0.15, 0.2) is 0 Å². The average molecular weight is 420 g/mol. The third kappa shape index (κ3) is 3.08. The first-order valence-corrected chi connectivity index (χ1v) is 10.3. The number of rotatable bonds is 6. The number of nitrogens with one attached hydrogen (secondary N) is 1. The van der Waals surface area contributed by atoms with Crippen molar-refractivity contribution in [1.29, 1.82) is 0 Å². The third-order valence-corrected chi connectivity index (χ3v) is 6.41. The highest BCUT2D eigenvalue weighted by atomic mass is 16.5. The molecule has 2 aromatic rings. The average Bonchev–Trinajstić information content (AvgIpc) is 3.46. The van der Waals surface area contributed by atoms with Gasteiger partial charge in [0, 0.05) is 23.9 Å². The molecule has 1 spiro atoms. The summed E-state index contributed by atoms with van der Waals surface area (Å²) in [6.07, 6.45) is 3.47. The van der Waals surface area contributed by atoms with Crippen LogP contribution in [-0.2, 0) is 20.9 Å². The molecule has 4 unspecified atom stereocenters. The molecule has 7 nitrogen and oxygen atoms in total. The summed E-state index contributed by atoms with van der Waals surface area (Å²) in [5, 5.41) is 2.98.